The molecule has 0 saturated carbocycles. The average Bonchev–Trinajstić information content (AvgIpc) is 2.37. The summed E-state index contributed by atoms with van der Waals surface area (Å²) in [5.74, 6) is -0.445. The molecule has 3 N–H and O–H groups in total. The molecule has 0 spiro atoms. The first-order chi connectivity index (χ1) is 9.81. The number of hydrogen-bond donors (Lipinski definition) is 2. The van der Waals surface area contributed by atoms with Crippen LogP contribution in [0.3, 0.4) is 0 Å². The number of rotatable bonds is 7. The maximum Gasteiger partial charge on any atom is 0.224 e. The van der Waals surface area contributed by atoms with Crippen molar-refractivity contribution in [2.24, 2.45) is 5.73 Å². The largest absolute Gasteiger partial charge is 0.370 e. The molecule has 5 heteroatoms. The number of benzene rings is 1. The molecule has 1 unspecified atom stereocenters. The number of carbonyl (C=O) groups excluding carboxylic acids is 1. The number of amides is 1. The Hall–Kier alpha value is -1.62. The van der Waals surface area contributed by atoms with Crippen molar-refractivity contribution in [3.63, 3.8) is 0 Å². The summed E-state index contributed by atoms with van der Waals surface area (Å²) in [6, 6.07) is 5.07. The van der Waals surface area contributed by atoms with Crippen molar-refractivity contribution in [3.05, 3.63) is 24.0 Å². The summed E-state index contributed by atoms with van der Waals surface area (Å²) in [5.41, 5.74) is 6.65. The third-order valence-electron chi connectivity index (χ3n) is 3.45. The van der Waals surface area contributed by atoms with E-state index in [4.69, 9.17) is 5.73 Å². The van der Waals surface area contributed by atoms with Gasteiger partial charge in [0.25, 0.3) is 0 Å². The highest BCUT2D eigenvalue weighted by Gasteiger charge is 2.12. The van der Waals surface area contributed by atoms with Crippen LogP contribution in [0.2, 0.25) is 0 Å². The van der Waals surface area contributed by atoms with Crippen molar-refractivity contribution in [3.8, 4) is 0 Å². The summed E-state index contributed by atoms with van der Waals surface area (Å²) in [7, 11) is 1.84. The van der Waals surface area contributed by atoms with Gasteiger partial charge in [-0.15, -0.1) is 0 Å². The normalized spacial score (nSPS) is 12.3. The number of nitrogens with one attached hydrogen (secondary N) is 1. The number of hydrogen-bond acceptors (Lipinski definition) is 3. The lowest BCUT2D eigenvalue weighted by molar-refractivity contribution is -0.116. The zero-order valence-electron chi connectivity index (χ0n) is 13.3. The molecule has 0 radical (unpaired) electrons. The van der Waals surface area contributed by atoms with Gasteiger partial charge in [-0.25, -0.2) is 4.39 Å². The van der Waals surface area contributed by atoms with Gasteiger partial charge in [-0.05, 0) is 51.8 Å². The molecule has 1 aromatic rings. The Morgan fingerprint density at radius 1 is 1.38 bits per heavy atom. The topological polar surface area (TPSA) is 58.4 Å². The highest BCUT2D eigenvalue weighted by molar-refractivity contribution is 5.90. The highest BCUT2D eigenvalue weighted by atomic mass is 19.1. The SMILES string of the molecule is CC(N)CCCC(=O)Nc1ccc(N(C)C(C)C)c(F)c1. The van der Waals surface area contributed by atoms with Crippen LogP contribution in [0.1, 0.15) is 40.0 Å². The van der Waals surface area contributed by atoms with Crippen LogP contribution in [0.15, 0.2) is 18.2 Å². The minimum absolute atomic E-state index is 0.0982. The molecule has 0 aliphatic carbocycles. The number of nitrogens with zero attached hydrogens (tertiary/aromatic N) is 1. The Balaban J connectivity index is 2.61. The smallest absolute Gasteiger partial charge is 0.224 e. The van der Waals surface area contributed by atoms with Crippen molar-refractivity contribution < 1.29 is 9.18 Å². The van der Waals surface area contributed by atoms with Crippen molar-refractivity contribution >= 4 is 17.3 Å². The Morgan fingerprint density at radius 2 is 2.05 bits per heavy atom. The van der Waals surface area contributed by atoms with E-state index in [2.05, 4.69) is 5.32 Å². The maximum atomic E-state index is 14.1. The van der Waals surface area contributed by atoms with Crippen molar-refractivity contribution in [1.29, 1.82) is 0 Å². The average molecular weight is 295 g/mol. The first kappa shape index (κ1) is 17.4. The van der Waals surface area contributed by atoms with Crippen LogP contribution in [0.4, 0.5) is 15.8 Å². The maximum absolute atomic E-state index is 14.1. The number of anilines is 2. The van der Waals surface area contributed by atoms with E-state index in [1.54, 1.807) is 12.1 Å². The lowest BCUT2D eigenvalue weighted by atomic mass is 10.1. The van der Waals surface area contributed by atoms with Crippen LogP contribution < -0.4 is 16.0 Å². The molecule has 0 fully saturated rings. The first-order valence-electron chi connectivity index (χ1n) is 7.39. The van der Waals surface area contributed by atoms with Gasteiger partial charge in [-0.3, -0.25) is 4.79 Å². The van der Waals surface area contributed by atoms with E-state index in [1.165, 1.54) is 6.07 Å². The molecule has 0 saturated heterocycles. The minimum atomic E-state index is -0.334. The molecular formula is C16H26FN3O. The summed E-state index contributed by atoms with van der Waals surface area (Å²) in [6.07, 6.45) is 1.94. The molecule has 0 aliphatic heterocycles. The Kier molecular flexibility index (Phi) is 6.62. The molecule has 1 aromatic carbocycles. The van der Waals surface area contributed by atoms with Gasteiger partial charge in [0.05, 0.1) is 5.69 Å². The molecule has 1 amide bonds. The van der Waals surface area contributed by atoms with Gasteiger partial charge in [-0.1, -0.05) is 0 Å². The fourth-order valence-electron chi connectivity index (χ4n) is 1.96. The molecule has 0 heterocycles. The predicted molar refractivity (Wildman–Crippen MR) is 86.1 cm³/mol. The van der Waals surface area contributed by atoms with E-state index in [0.29, 0.717) is 17.8 Å². The van der Waals surface area contributed by atoms with Gasteiger partial charge in [0.2, 0.25) is 5.91 Å². The zero-order valence-corrected chi connectivity index (χ0v) is 13.3. The Labute approximate surface area is 126 Å². The second kappa shape index (κ2) is 7.98. The fourth-order valence-corrected chi connectivity index (χ4v) is 1.96. The molecule has 0 aliphatic rings. The second-order valence-corrected chi connectivity index (χ2v) is 5.79. The zero-order chi connectivity index (χ0) is 16.0. The second-order valence-electron chi connectivity index (χ2n) is 5.79. The van der Waals surface area contributed by atoms with Gasteiger partial charge in [-0.2, -0.15) is 0 Å². The van der Waals surface area contributed by atoms with Gasteiger partial charge >= 0.3 is 0 Å². The molecule has 1 rings (SSSR count). The molecule has 1 atom stereocenters. The van der Waals surface area contributed by atoms with Crippen LogP contribution in [-0.4, -0.2) is 25.0 Å². The first-order valence-corrected chi connectivity index (χ1v) is 7.39. The lowest BCUT2D eigenvalue weighted by Crippen LogP contribution is -2.26. The highest BCUT2D eigenvalue weighted by Crippen LogP contribution is 2.23. The van der Waals surface area contributed by atoms with E-state index < -0.39 is 0 Å². The van der Waals surface area contributed by atoms with Crippen molar-refractivity contribution in [2.45, 2.75) is 52.1 Å². The fraction of sp³-hybridized carbons (Fsp3) is 0.562. The van der Waals surface area contributed by atoms with E-state index in [-0.39, 0.29) is 23.8 Å². The number of nitrogens with two attached hydrogens (primary N) is 1. The van der Waals surface area contributed by atoms with Gasteiger partial charge in [0, 0.05) is 31.2 Å². The van der Waals surface area contributed by atoms with Crippen LogP contribution in [-0.2, 0) is 4.79 Å². The summed E-state index contributed by atoms with van der Waals surface area (Å²) < 4.78 is 14.1. The van der Waals surface area contributed by atoms with Crippen molar-refractivity contribution in [1.82, 2.24) is 0 Å². The lowest BCUT2D eigenvalue weighted by Gasteiger charge is -2.24. The third-order valence-corrected chi connectivity index (χ3v) is 3.45. The Bertz CT molecular complexity index is 475. The van der Waals surface area contributed by atoms with Crippen LogP contribution in [0.5, 0.6) is 0 Å². The Morgan fingerprint density at radius 3 is 2.57 bits per heavy atom. The third kappa shape index (κ3) is 5.71. The van der Waals surface area contributed by atoms with E-state index in [1.807, 2.05) is 32.7 Å². The monoisotopic (exact) mass is 295 g/mol. The van der Waals surface area contributed by atoms with Gasteiger partial charge in [0.1, 0.15) is 5.82 Å². The van der Waals surface area contributed by atoms with E-state index in [9.17, 15) is 9.18 Å². The summed E-state index contributed by atoms with van der Waals surface area (Å²) in [5, 5.41) is 2.71. The van der Waals surface area contributed by atoms with Crippen LogP contribution in [0.25, 0.3) is 0 Å². The predicted octanol–water partition coefficient (Wildman–Crippen LogP) is 3.13. The van der Waals surface area contributed by atoms with Crippen molar-refractivity contribution in [2.75, 3.05) is 17.3 Å². The summed E-state index contributed by atoms with van der Waals surface area (Å²) in [4.78, 5) is 13.6. The molecule has 21 heavy (non-hydrogen) atoms. The molecule has 0 bridgehead atoms. The molecule has 0 aromatic heterocycles. The summed E-state index contributed by atoms with van der Waals surface area (Å²) in [6.45, 7) is 5.90. The standard InChI is InChI=1S/C16H26FN3O/c1-11(2)20(4)15-9-8-13(10-14(15)17)19-16(21)7-5-6-12(3)18/h8-12H,5-7,18H2,1-4H3,(H,19,21). The molecule has 118 valence electrons. The van der Waals surface area contributed by atoms with E-state index in [0.717, 1.165) is 12.8 Å². The quantitative estimate of drug-likeness (QED) is 0.812. The number of halogens is 1. The van der Waals surface area contributed by atoms with Crippen LogP contribution >= 0.6 is 0 Å². The minimum Gasteiger partial charge on any atom is -0.370 e. The number of carbonyl (C=O) groups is 1. The van der Waals surface area contributed by atoms with Gasteiger partial charge in [0.15, 0.2) is 0 Å². The molecular weight excluding hydrogens is 269 g/mol. The van der Waals surface area contributed by atoms with Crippen LogP contribution in [0, 0.1) is 5.82 Å². The molecule has 4 nitrogen and oxygen atoms in total. The summed E-state index contributed by atoms with van der Waals surface area (Å²) >= 11 is 0. The van der Waals surface area contributed by atoms with E-state index >= 15 is 0 Å². The van der Waals surface area contributed by atoms with Gasteiger partial charge < -0.3 is 16.0 Å².